The van der Waals surface area contributed by atoms with E-state index in [0.29, 0.717) is 11.1 Å². The molecule has 1 heterocycles. The Bertz CT molecular complexity index is 1350. The van der Waals surface area contributed by atoms with E-state index in [2.05, 4.69) is 5.32 Å². The van der Waals surface area contributed by atoms with Crippen molar-refractivity contribution in [2.24, 2.45) is 5.73 Å². The Balaban J connectivity index is 1.62. The molecule has 0 bridgehead atoms. The molecule has 182 valence electrons. The minimum atomic E-state index is -1.36. The van der Waals surface area contributed by atoms with Crippen LogP contribution in [0.5, 0.6) is 5.75 Å². The van der Waals surface area contributed by atoms with Crippen molar-refractivity contribution < 1.29 is 33.3 Å². The van der Waals surface area contributed by atoms with E-state index in [1.165, 1.54) is 19.2 Å². The molecule has 1 amide bonds. The highest BCUT2D eigenvalue weighted by Crippen LogP contribution is 2.23. The summed E-state index contributed by atoms with van der Waals surface area (Å²) in [5.74, 6) is -1.37. The van der Waals surface area contributed by atoms with E-state index in [-0.39, 0.29) is 16.7 Å². The summed E-state index contributed by atoms with van der Waals surface area (Å²) >= 11 is 0. The normalized spacial score (nSPS) is 11.5. The summed E-state index contributed by atoms with van der Waals surface area (Å²) in [5, 5.41) is 24.7. The zero-order valence-electron chi connectivity index (χ0n) is 18.1. The lowest BCUT2D eigenvalue weighted by Gasteiger charge is -2.12. The molecule has 1 atom stereocenters. The third kappa shape index (κ3) is 5.94. The molecule has 3 rings (SSSR count). The van der Waals surface area contributed by atoms with E-state index in [0.717, 1.165) is 18.2 Å². The van der Waals surface area contributed by atoms with Gasteiger partial charge in [-0.2, -0.15) is 0 Å². The van der Waals surface area contributed by atoms with Gasteiger partial charge < -0.3 is 24.9 Å². The van der Waals surface area contributed by atoms with Crippen LogP contribution in [-0.4, -0.2) is 41.4 Å². The van der Waals surface area contributed by atoms with E-state index in [9.17, 15) is 34.6 Å². The average Bonchev–Trinajstić information content (AvgIpc) is 2.84. The highest BCUT2D eigenvalue weighted by molar-refractivity contribution is 5.97. The van der Waals surface area contributed by atoms with E-state index in [1.807, 2.05) is 0 Å². The van der Waals surface area contributed by atoms with Crippen molar-refractivity contribution in [3.8, 4) is 5.75 Å². The van der Waals surface area contributed by atoms with Crippen LogP contribution in [0.1, 0.15) is 15.9 Å². The zero-order chi connectivity index (χ0) is 25.7. The number of fused-ring (bicyclic) bond motifs is 1. The Kier molecular flexibility index (Phi) is 7.36. The lowest BCUT2D eigenvalue weighted by atomic mass is 10.1. The molecule has 14 heteroatoms. The monoisotopic (exact) mass is 486 g/mol. The molecule has 0 saturated carbocycles. The molecule has 0 aliphatic rings. The Morgan fingerprint density at radius 3 is 2.34 bits per heavy atom. The number of carbonyl (C=O) groups excluding carboxylic acids is 2. The molecule has 3 N–H and O–H groups in total. The first-order valence-electron chi connectivity index (χ1n) is 9.84. The number of benzene rings is 2. The number of esters is 1. The number of non-ortho nitro benzene ring substituents is 2. The van der Waals surface area contributed by atoms with Gasteiger partial charge in [-0.3, -0.25) is 29.8 Å². The molecule has 35 heavy (non-hydrogen) atoms. The molecule has 0 aliphatic carbocycles. The van der Waals surface area contributed by atoms with Gasteiger partial charge in [-0.15, -0.1) is 0 Å². The largest absolute Gasteiger partial charge is 0.497 e. The molecule has 1 aromatic heterocycles. The Morgan fingerprint density at radius 1 is 1.09 bits per heavy atom. The number of nitro benzene ring substituents is 2. The number of carbonyl (C=O) groups is 2. The maximum atomic E-state index is 12.4. The fraction of sp³-hybridized carbons (Fsp3) is 0.190. The van der Waals surface area contributed by atoms with Crippen LogP contribution in [0.2, 0.25) is 0 Å². The molecule has 3 aromatic rings. The van der Waals surface area contributed by atoms with Gasteiger partial charge in [0.15, 0.2) is 0 Å². The number of methoxy groups -OCH3 is 1. The van der Waals surface area contributed by atoms with Crippen LogP contribution >= 0.6 is 0 Å². The van der Waals surface area contributed by atoms with E-state index in [1.54, 1.807) is 12.1 Å². The van der Waals surface area contributed by atoms with Crippen molar-refractivity contribution in [3.05, 3.63) is 84.2 Å². The van der Waals surface area contributed by atoms with Crippen molar-refractivity contribution in [1.82, 2.24) is 5.32 Å². The number of hydrogen-bond acceptors (Lipinski definition) is 11. The predicted octanol–water partition coefficient (Wildman–Crippen LogP) is 1.42. The number of ether oxygens (including phenoxy) is 2. The lowest BCUT2D eigenvalue weighted by Crippen LogP contribution is -2.44. The third-order valence-electron chi connectivity index (χ3n) is 4.74. The molecule has 0 fully saturated rings. The van der Waals surface area contributed by atoms with Gasteiger partial charge in [-0.25, -0.2) is 4.79 Å². The SMILES string of the molecule is COc1ccc2cc(C(=O)NC[C@@H](N)C(=O)OCc3cc([N+](=O)[O-])cc([N+](=O)[O-])c3)c(=O)oc2c1. The topological polar surface area (TPSA) is 207 Å². The molecule has 0 saturated heterocycles. The van der Waals surface area contributed by atoms with Crippen molar-refractivity contribution in [1.29, 1.82) is 0 Å². The summed E-state index contributed by atoms with van der Waals surface area (Å²) in [6.45, 7) is -0.937. The lowest BCUT2D eigenvalue weighted by molar-refractivity contribution is -0.394. The first-order valence-corrected chi connectivity index (χ1v) is 9.84. The minimum Gasteiger partial charge on any atom is -0.497 e. The van der Waals surface area contributed by atoms with Crippen molar-refractivity contribution in [2.75, 3.05) is 13.7 Å². The van der Waals surface area contributed by atoms with Crippen LogP contribution < -0.4 is 21.4 Å². The van der Waals surface area contributed by atoms with Gasteiger partial charge in [-0.1, -0.05) is 0 Å². The standard InChI is InChI=1S/C21H18N4O10/c1-33-15-3-2-12-6-16(20(27)35-18(12)8-15)19(26)23-9-17(22)21(28)34-10-11-4-13(24(29)30)7-14(5-11)25(31)32/h2-8,17H,9-10,22H2,1H3,(H,23,26)/t17-/m1/s1. The fourth-order valence-corrected chi connectivity index (χ4v) is 2.97. The summed E-state index contributed by atoms with van der Waals surface area (Å²) < 4.78 is 15.1. The van der Waals surface area contributed by atoms with Gasteiger partial charge in [0.05, 0.1) is 23.0 Å². The van der Waals surface area contributed by atoms with Gasteiger partial charge in [-0.05, 0) is 18.2 Å². The van der Waals surface area contributed by atoms with Crippen molar-refractivity contribution >= 4 is 34.2 Å². The van der Waals surface area contributed by atoms with Crippen molar-refractivity contribution in [2.45, 2.75) is 12.6 Å². The summed E-state index contributed by atoms with van der Waals surface area (Å²) in [6.07, 6.45) is 0. The van der Waals surface area contributed by atoms with Crippen molar-refractivity contribution in [3.63, 3.8) is 0 Å². The number of nitrogens with one attached hydrogen (secondary N) is 1. The summed E-state index contributed by atoms with van der Waals surface area (Å²) in [4.78, 5) is 57.0. The third-order valence-corrected chi connectivity index (χ3v) is 4.74. The van der Waals surface area contributed by atoms with Gasteiger partial charge in [0.2, 0.25) is 0 Å². The molecular formula is C21H18N4O10. The van der Waals surface area contributed by atoms with Crippen LogP contribution in [0.25, 0.3) is 11.0 Å². The number of hydrogen-bond donors (Lipinski definition) is 2. The zero-order valence-corrected chi connectivity index (χ0v) is 18.1. The van der Waals surface area contributed by atoms with Gasteiger partial charge >= 0.3 is 11.6 Å². The number of amides is 1. The first-order chi connectivity index (χ1) is 16.6. The first kappa shape index (κ1) is 24.8. The van der Waals surface area contributed by atoms with E-state index in [4.69, 9.17) is 19.6 Å². The Labute approximate surface area is 195 Å². The summed E-state index contributed by atoms with van der Waals surface area (Å²) in [7, 11) is 1.45. The van der Waals surface area contributed by atoms with Crippen LogP contribution in [0, 0.1) is 20.2 Å². The Morgan fingerprint density at radius 2 is 1.74 bits per heavy atom. The Hall–Kier alpha value is -4.85. The van der Waals surface area contributed by atoms with E-state index >= 15 is 0 Å². The number of nitrogens with two attached hydrogens (primary N) is 1. The van der Waals surface area contributed by atoms with Gasteiger partial charge in [0.25, 0.3) is 17.3 Å². The average molecular weight is 486 g/mol. The predicted molar refractivity (Wildman–Crippen MR) is 119 cm³/mol. The molecule has 2 aromatic carbocycles. The fourth-order valence-electron chi connectivity index (χ4n) is 2.97. The second-order valence-electron chi connectivity index (χ2n) is 7.15. The summed E-state index contributed by atoms with van der Waals surface area (Å²) in [6, 6.07) is 7.46. The maximum absolute atomic E-state index is 12.4. The molecule has 14 nitrogen and oxygen atoms in total. The quantitative estimate of drug-likeness (QED) is 0.191. The number of nitro groups is 2. The second-order valence-corrected chi connectivity index (χ2v) is 7.15. The molecule has 0 spiro atoms. The maximum Gasteiger partial charge on any atom is 0.349 e. The molecular weight excluding hydrogens is 468 g/mol. The summed E-state index contributed by atoms with van der Waals surface area (Å²) in [5.41, 5.74) is 3.60. The molecule has 0 aliphatic heterocycles. The van der Waals surface area contributed by atoms with Crippen LogP contribution in [0.3, 0.4) is 0 Å². The van der Waals surface area contributed by atoms with Gasteiger partial charge in [0, 0.05) is 35.7 Å². The minimum absolute atomic E-state index is 0.000822. The van der Waals surface area contributed by atoms with Crippen LogP contribution in [-0.2, 0) is 16.1 Å². The molecule has 0 radical (unpaired) electrons. The van der Waals surface area contributed by atoms with E-state index < -0.39 is 57.9 Å². The van der Waals surface area contributed by atoms with Gasteiger partial charge in [0.1, 0.15) is 29.5 Å². The highest BCUT2D eigenvalue weighted by Gasteiger charge is 2.21. The number of rotatable bonds is 9. The smallest absolute Gasteiger partial charge is 0.349 e. The molecule has 0 unspecified atom stereocenters. The number of nitrogens with zero attached hydrogens (tertiary/aromatic N) is 2. The van der Waals surface area contributed by atoms with Crippen LogP contribution in [0.15, 0.2) is 51.7 Å². The highest BCUT2D eigenvalue weighted by atomic mass is 16.6. The second kappa shape index (κ2) is 10.4. The van der Waals surface area contributed by atoms with Crippen LogP contribution in [0.4, 0.5) is 11.4 Å².